The van der Waals surface area contributed by atoms with Gasteiger partial charge in [0.25, 0.3) is 0 Å². The summed E-state index contributed by atoms with van der Waals surface area (Å²) in [7, 11) is 0. The van der Waals surface area contributed by atoms with Gasteiger partial charge in [0.2, 0.25) is 0 Å². The second-order valence-electron chi connectivity index (χ2n) is 4.49. The number of carboxylic acids is 1. The minimum atomic E-state index is -0.686. The van der Waals surface area contributed by atoms with Crippen molar-refractivity contribution in [2.24, 2.45) is 0 Å². The summed E-state index contributed by atoms with van der Waals surface area (Å²) >= 11 is 0. The van der Waals surface area contributed by atoms with E-state index in [2.05, 4.69) is 5.32 Å². The summed E-state index contributed by atoms with van der Waals surface area (Å²) in [6.07, 6.45) is 10.4. The average molecular weight is 237 g/mol. The number of hydrogen-bond acceptors (Lipinski definition) is 2. The number of hydrogen-bond donors (Lipinski definition) is 2. The first-order valence-corrected chi connectivity index (χ1v) is 6.24. The molecule has 0 aliphatic heterocycles. The van der Waals surface area contributed by atoms with Gasteiger partial charge >= 0.3 is 35.5 Å². The first-order valence-electron chi connectivity index (χ1n) is 6.24. The maximum absolute atomic E-state index is 10.3. The molecule has 1 aliphatic carbocycles. The molecule has 16 heavy (non-hydrogen) atoms. The van der Waals surface area contributed by atoms with Crippen molar-refractivity contribution in [1.29, 1.82) is 0 Å². The normalized spacial score (nSPS) is 18.2. The second-order valence-corrected chi connectivity index (χ2v) is 4.49. The van der Waals surface area contributed by atoms with E-state index in [1.165, 1.54) is 44.9 Å². The Kier molecular flexibility index (Phi) is 10.9. The van der Waals surface area contributed by atoms with Crippen molar-refractivity contribution < 1.29 is 9.90 Å². The third kappa shape index (κ3) is 8.57. The first kappa shape index (κ1) is 16.4. The van der Waals surface area contributed by atoms with E-state index in [0.29, 0.717) is 12.5 Å². The molecule has 0 unspecified atom stereocenters. The average Bonchev–Trinajstić information content (AvgIpc) is 2.14. The zero-order valence-electron chi connectivity index (χ0n) is 9.50. The van der Waals surface area contributed by atoms with Crippen LogP contribution in [-0.4, -0.2) is 53.2 Å². The third-order valence-electron chi connectivity index (χ3n) is 3.11. The van der Waals surface area contributed by atoms with Gasteiger partial charge in [-0.1, -0.05) is 32.1 Å². The molecule has 1 fully saturated rings. The molecule has 1 rings (SSSR count). The van der Waals surface area contributed by atoms with Gasteiger partial charge in [-0.25, -0.2) is 0 Å². The molecule has 0 aromatic rings. The number of nitrogens with one attached hydrogen (secondary N) is 1. The van der Waals surface area contributed by atoms with Crippen molar-refractivity contribution in [2.45, 2.75) is 63.8 Å². The summed E-state index contributed by atoms with van der Waals surface area (Å²) in [5, 5.41) is 12.0. The summed E-state index contributed by atoms with van der Waals surface area (Å²) in [5.74, 6) is -0.686. The van der Waals surface area contributed by atoms with Gasteiger partial charge in [0.1, 0.15) is 0 Å². The van der Waals surface area contributed by atoms with Crippen LogP contribution in [0.15, 0.2) is 0 Å². The molecule has 3 nitrogen and oxygen atoms in total. The third-order valence-corrected chi connectivity index (χ3v) is 3.11. The van der Waals surface area contributed by atoms with Gasteiger partial charge in [-0.2, -0.15) is 0 Å². The summed E-state index contributed by atoms with van der Waals surface area (Å²) in [6.45, 7) is 0.858. The topological polar surface area (TPSA) is 49.3 Å². The molecule has 1 saturated carbocycles. The van der Waals surface area contributed by atoms with Crippen LogP contribution in [0.5, 0.6) is 0 Å². The molecule has 0 aromatic heterocycles. The van der Waals surface area contributed by atoms with Crippen molar-refractivity contribution in [2.75, 3.05) is 6.54 Å². The molecule has 0 spiro atoms. The van der Waals surface area contributed by atoms with E-state index in [1.54, 1.807) is 0 Å². The van der Waals surface area contributed by atoms with Gasteiger partial charge in [-0.15, -0.1) is 0 Å². The number of carbonyl (C=O) groups is 1. The number of carboxylic acid groups (broad SMARTS) is 1. The summed E-state index contributed by atoms with van der Waals surface area (Å²) in [5.41, 5.74) is 0. The van der Waals surface area contributed by atoms with Gasteiger partial charge in [-0.3, -0.25) is 4.79 Å². The summed E-state index contributed by atoms with van der Waals surface area (Å²) < 4.78 is 0. The SMILES string of the molecule is O=C(O)CCCNC1CCCCCCC1.[NaH]. The Balaban J connectivity index is 0.00000225. The van der Waals surface area contributed by atoms with E-state index in [-0.39, 0.29) is 29.6 Å². The Hall–Kier alpha value is 0.430. The van der Waals surface area contributed by atoms with Crippen molar-refractivity contribution in [3.63, 3.8) is 0 Å². The van der Waals surface area contributed by atoms with Crippen molar-refractivity contribution in [1.82, 2.24) is 5.32 Å². The van der Waals surface area contributed by atoms with Gasteiger partial charge < -0.3 is 10.4 Å². The van der Waals surface area contributed by atoms with Gasteiger partial charge in [0.15, 0.2) is 0 Å². The Labute approximate surface area is 121 Å². The van der Waals surface area contributed by atoms with E-state index in [1.807, 2.05) is 0 Å². The van der Waals surface area contributed by atoms with Gasteiger partial charge in [0, 0.05) is 12.5 Å². The molecule has 0 heterocycles. The van der Waals surface area contributed by atoms with E-state index >= 15 is 0 Å². The van der Waals surface area contributed by atoms with Gasteiger partial charge in [0.05, 0.1) is 0 Å². The Morgan fingerprint density at radius 2 is 1.69 bits per heavy atom. The number of rotatable bonds is 5. The van der Waals surface area contributed by atoms with Crippen LogP contribution in [0.3, 0.4) is 0 Å². The fourth-order valence-corrected chi connectivity index (χ4v) is 2.21. The van der Waals surface area contributed by atoms with Crippen LogP contribution in [0.4, 0.5) is 0 Å². The Morgan fingerprint density at radius 3 is 2.25 bits per heavy atom. The van der Waals surface area contributed by atoms with Gasteiger partial charge in [-0.05, 0) is 25.8 Å². The van der Waals surface area contributed by atoms with Crippen molar-refractivity contribution >= 4 is 35.5 Å². The van der Waals surface area contributed by atoms with Crippen molar-refractivity contribution in [3.05, 3.63) is 0 Å². The molecule has 4 heteroatoms. The van der Waals surface area contributed by atoms with Crippen molar-refractivity contribution in [3.8, 4) is 0 Å². The molecule has 90 valence electrons. The fraction of sp³-hybridized carbons (Fsp3) is 0.917. The van der Waals surface area contributed by atoms with Crippen LogP contribution >= 0.6 is 0 Å². The van der Waals surface area contributed by atoms with Crippen LogP contribution < -0.4 is 5.32 Å². The molecule has 0 atom stereocenters. The molecule has 0 amide bonds. The molecular weight excluding hydrogens is 213 g/mol. The molecule has 2 N–H and O–H groups in total. The standard InChI is InChI=1S/C12H23NO2.Na.H/c14-12(15)9-6-10-13-11-7-4-2-1-3-5-8-11;;/h11,13H,1-10H2,(H,14,15);;. The summed E-state index contributed by atoms with van der Waals surface area (Å²) in [4.78, 5) is 10.3. The van der Waals surface area contributed by atoms with E-state index in [9.17, 15) is 4.79 Å². The Morgan fingerprint density at radius 1 is 1.12 bits per heavy atom. The predicted octanol–water partition coefficient (Wildman–Crippen LogP) is 1.91. The van der Waals surface area contributed by atoms with E-state index < -0.39 is 5.97 Å². The maximum atomic E-state index is 10.3. The van der Waals surface area contributed by atoms with Crippen LogP contribution in [0.2, 0.25) is 0 Å². The zero-order valence-corrected chi connectivity index (χ0v) is 9.50. The quantitative estimate of drug-likeness (QED) is 0.567. The first-order chi connectivity index (χ1) is 7.29. The summed E-state index contributed by atoms with van der Waals surface area (Å²) in [6, 6.07) is 0.638. The van der Waals surface area contributed by atoms with Crippen LogP contribution in [0, 0.1) is 0 Å². The molecular formula is C12H24NNaO2. The molecule has 0 radical (unpaired) electrons. The molecule has 0 bridgehead atoms. The zero-order chi connectivity index (χ0) is 10.9. The fourth-order valence-electron chi connectivity index (χ4n) is 2.21. The Bertz CT molecular complexity index is 180. The monoisotopic (exact) mass is 237 g/mol. The van der Waals surface area contributed by atoms with E-state index in [0.717, 1.165) is 13.0 Å². The molecule has 0 saturated heterocycles. The van der Waals surface area contributed by atoms with Crippen LogP contribution in [-0.2, 0) is 4.79 Å². The number of aliphatic carboxylic acids is 1. The van der Waals surface area contributed by atoms with E-state index in [4.69, 9.17) is 5.11 Å². The molecule has 0 aromatic carbocycles. The predicted molar refractivity (Wildman–Crippen MR) is 68.1 cm³/mol. The minimum absolute atomic E-state index is 0. The second kappa shape index (κ2) is 10.6. The molecule has 1 aliphatic rings. The van der Waals surface area contributed by atoms with Crippen LogP contribution in [0.25, 0.3) is 0 Å². The van der Waals surface area contributed by atoms with Crippen LogP contribution in [0.1, 0.15) is 57.8 Å².